The van der Waals surface area contributed by atoms with E-state index in [9.17, 15) is 0 Å². The van der Waals surface area contributed by atoms with Crippen molar-refractivity contribution in [3.8, 4) is 0 Å². The average Bonchev–Trinajstić information content (AvgIpc) is 2.84. The van der Waals surface area contributed by atoms with Crippen molar-refractivity contribution in [3.05, 3.63) is 144 Å². The molecule has 4 aromatic carbocycles. The zero-order valence-corrected chi connectivity index (χ0v) is 18.1. The molecule has 0 heterocycles. The smallest absolute Gasteiger partial charge is 0.150 e. The molecule has 31 heavy (non-hydrogen) atoms. The molecule has 150 valence electrons. The van der Waals surface area contributed by atoms with Gasteiger partial charge in [-0.05, 0) is 22.3 Å². The molecule has 0 saturated carbocycles. The van der Waals surface area contributed by atoms with E-state index in [0.29, 0.717) is 0 Å². The highest BCUT2D eigenvalue weighted by Crippen LogP contribution is 2.66. The van der Waals surface area contributed by atoms with Crippen LogP contribution in [0.5, 0.6) is 0 Å². The molecular formula is C29H23OP. The van der Waals surface area contributed by atoms with E-state index in [0.717, 1.165) is 16.2 Å². The average molecular weight is 418 g/mol. The molecule has 4 aromatic rings. The molecule has 0 fully saturated rings. The first kappa shape index (κ1) is 18.6. The second-order valence-corrected chi connectivity index (χ2v) is 11.4. The summed E-state index contributed by atoms with van der Waals surface area (Å²) in [6, 6.07) is 37.4. The van der Waals surface area contributed by atoms with Crippen LogP contribution in [0, 0.1) is 0 Å². The summed E-state index contributed by atoms with van der Waals surface area (Å²) < 4.78 is 15.3. The Kier molecular flexibility index (Phi) is 4.16. The number of benzene rings is 4. The number of allylic oxidation sites excluding steroid dienone is 1. The lowest BCUT2D eigenvalue weighted by molar-refractivity contribution is 0.560. The molecule has 3 aliphatic carbocycles. The molecule has 1 nitrogen and oxygen atoms in total. The van der Waals surface area contributed by atoms with Crippen molar-refractivity contribution >= 4 is 17.8 Å². The van der Waals surface area contributed by atoms with Gasteiger partial charge in [-0.2, -0.15) is 0 Å². The lowest BCUT2D eigenvalue weighted by atomic mass is 9.61. The first-order valence-corrected chi connectivity index (χ1v) is 12.6. The standard InChI is InChI=1S/C29H23OP/c1-20-27-23-16-8-10-18-25(23)28(26-19-11-9-17-24(26)27)29(20)31(30,21-12-4-2-5-13-21)22-14-6-3-7-15-22/h2-19,27-29H,1H2/t27?,28?,29-/m1/s1. The molecule has 0 radical (unpaired) electrons. The normalized spacial score (nSPS) is 21.4. The van der Waals surface area contributed by atoms with Crippen molar-refractivity contribution < 1.29 is 4.57 Å². The van der Waals surface area contributed by atoms with Gasteiger partial charge in [0.05, 0.1) is 5.66 Å². The van der Waals surface area contributed by atoms with E-state index in [-0.39, 0.29) is 17.5 Å². The van der Waals surface area contributed by atoms with E-state index in [1.165, 1.54) is 22.3 Å². The summed E-state index contributed by atoms with van der Waals surface area (Å²) in [4.78, 5) is 0. The third-order valence-corrected chi connectivity index (χ3v) is 10.6. The lowest BCUT2D eigenvalue weighted by Crippen LogP contribution is -2.41. The van der Waals surface area contributed by atoms with Gasteiger partial charge >= 0.3 is 0 Å². The highest BCUT2D eigenvalue weighted by Gasteiger charge is 2.53. The fourth-order valence-electron chi connectivity index (χ4n) is 5.79. The first-order chi connectivity index (χ1) is 15.2. The van der Waals surface area contributed by atoms with Crippen LogP contribution in [0.15, 0.2) is 121 Å². The van der Waals surface area contributed by atoms with Crippen molar-refractivity contribution in [2.24, 2.45) is 0 Å². The van der Waals surface area contributed by atoms with E-state index in [2.05, 4.69) is 55.1 Å². The summed E-state index contributed by atoms with van der Waals surface area (Å²) in [5.74, 6) is 0.124. The summed E-state index contributed by atoms with van der Waals surface area (Å²) in [5, 5.41) is 1.82. The van der Waals surface area contributed by atoms with Gasteiger partial charge < -0.3 is 4.57 Å². The highest BCUT2D eigenvalue weighted by molar-refractivity contribution is 7.79. The molecule has 2 bridgehead atoms. The van der Waals surface area contributed by atoms with Crippen molar-refractivity contribution in [1.82, 2.24) is 0 Å². The fraction of sp³-hybridized carbons (Fsp3) is 0.103. The maximum absolute atomic E-state index is 15.3. The molecule has 2 heteroatoms. The molecule has 0 N–H and O–H groups in total. The maximum Gasteiger partial charge on any atom is 0.150 e. The van der Waals surface area contributed by atoms with Crippen LogP contribution >= 0.6 is 7.14 Å². The van der Waals surface area contributed by atoms with Gasteiger partial charge in [-0.3, -0.25) is 0 Å². The van der Waals surface area contributed by atoms with Gasteiger partial charge in [0.2, 0.25) is 0 Å². The van der Waals surface area contributed by atoms with Gasteiger partial charge in [0.15, 0.2) is 7.14 Å². The van der Waals surface area contributed by atoms with Gasteiger partial charge in [0, 0.05) is 22.4 Å². The van der Waals surface area contributed by atoms with Crippen LogP contribution in [0.3, 0.4) is 0 Å². The van der Waals surface area contributed by atoms with Gasteiger partial charge in [0.25, 0.3) is 0 Å². The minimum atomic E-state index is -3.01. The maximum atomic E-state index is 15.3. The van der Waals surface area contributed by atoms with Crippen LogP contribution in [0.4, 0.5) is 0 Å². The summed E-state index contributed by atoms with van der Waals surface area (Å²) in [5.41, 5.74) is 6.16. The largest absolute Gasteiger partial charge is 0.313 e. The van der Waals surface area contributed by atoms with Gasteiger partial charge in [0.1, 0.15) is 0 Å². The van der Waals surface area contributed by atoms with Crippen molar-refractivity contribution in [2.75, 3.05) is 0 Å². The SMILES string of the molecule is C=C1C2c3ccccc3C(c3ccccc32)[C@@H]1P(=O)(c1ccccc1)c1ccccc1. The van der Waals surface area contributed by atoms with E-state index in [1.54, 1.807) is 0 Å². The van der Waals surface area contributed by atoms with Crippen LogP contribution in [0.25, 0.3) is 0 Å². The summed E-state index contributed by atoms with van der Waals surface area (Å²) in [6.07, 6.45) is 0. The summed E-state index contributed by atoms with van der Waals surface area (Å²) in [7, 11) is -3.01. The second-order valence-electron chi connectivity index (χ2n) is 8.52. The second kappa shape index (κ2) is 6.94. The predicted octanol–water partition coefficient (Wildman–Crippen LogP) is 6.22. The van der Waals surface area contributed by atoms with Gasteiger partial charge in [-0.1, -0.05) is 121 Å². The molecule has 1 atom stereocenters. The molecular weight excluding hydrogens is 395 g/mol. The number of hydrogen-bond donors (Lipinski definition) is 0. The molecule has 0 amide bonds. The minimum Gasteiger partial charge on any atom is -0.313 e. The van der Waals surface area contributed by atoms with E-state index < -0.39 is 7.14 Å². The van der Waals surface area contributed by atoms with Crippen molar-refractivity contribution in [1.29, 1.82) is 0 Å². The Morgan fingerprint density at radius 3 is 1.39 bits per heavy atom. The Balaban J connectivity index is 1.67. The molecule has 7 rings (SSSR count). The fourth-order valence-corrected chi connectivity index (χ4v) is 9.31. The van der Waals surface area contributed by atoms with Crippen LogP contribution in [-0.2, 0) is 4.57 Å². The Morgan fingerprint density at radius 2 is 0.935 bits per heavy atom. The topological polar surface area (TPSA) is 17.1 Å². The third kappa shape index (κ3) is 2.54. The monoisotopic (exact) mass is 418 g/mol. The van der Waals surface area contributed by atoms with E-state index >= 15 is 4.57 Å². The number of hydrogen-bond acceptors (Lipinski definition) is 1. The lowest BCUT2D eigenvalue weighted by Gasteiger charge is -2.49. The van der Waals surface area contributed by atoms with Gasteiger partial charge in [-0.25, -0.2) is 0 Å². The Bertz CT molecular complexity index is 1250. The predicted molar refractivity (Wildman–Crippen MR) is 129 cm³/mol. The zero-order chi connectivity index (χ0) is 21.0. The van der Waals surface area contributed by atoms with Crippen LogP contribution in [0.1, 0.15) is 34.1 Å². The zero-order valence-electron chi connectivity index (χ0n) is 17.2. The summed E-state index contributed by atoms with van der Waals surface area (Å²) in [6.45, 7) is 4.62. The molecule has 3 aliphatic rings. The summed E-state index contributed by atoms with van der Waals surface area (Å²) >= 11 is 0. The third-order valence-electron chi connectivity index (χ3n) is 7.02. The number of fused-ring (bicyclic) bond motifs is 1. The van der Waals surface area contributed by atoms with Crippen LogP contribution < -0.4 is 10.6 Å². The van der Waals surface area contributed by atoms with Crippen LogP contribution in [0.2, 0.25) is 0 Å². The van der Waals surface area contributed by atoms with E-state index in [1.807, 2.05) is 60.7 Å². The first-order valence-electron chi connectivity index (χ1n) is 10.8. The van der Waals surface area contributed by atoms with Crippen LogP contribution in [-0.4, -0.2) is 5.66 Å². The van der Waals surface area contributed by atoms with E-state index in [4.69, 9.17) is 0 Å². The van der Waals surface area contributed by atoms with Gasteiger partial charge in [-0.15, -0.1) is 0 Å². The Labute approximate surface area is 183 Å². The Morgan fingerprint density at radius 1 is 0.548 bits per heavy atom. The van der Waals surface area contributed by atoms with Crippen molar-refractivity contribution in [2.45, 2.75) is 17.5 Å². The molecule has 0 aromatic heterocycles. The Hall–Kier alpha value is -3.15. The number of rotatable bonds is 3. The highest BCUT2D eigenvalue weighted by atomic mass is 31.2. The molecule has 0 spiro atoms. The molecule has 0 aliphatic heterocycles. The minimum absolute atomic E-state index is 0.0381. The quantitative estimate of drug-likeness (QED) is 0.285. The molecule has 0 saturated heterocycles. The van der Waals surface area contributed by atoms with Crippen molar-refractivity contribution in [3.63, 3.8) is 0 Å². The molecule has 0 unspecified atom stereocenters.